The molecule has 6 nitrogen and oxygen atoms in total. The summed E-state index contributed by atoms with van der Waals surface area (Å²) >= 11 is 0. The standard InChI is InChI=1S/C19H22N6/c1-16-14-23(11-5-8-17-6-3-2-4-7-17)12-13-24(16)19-10-9-18-21-20-15-25(18)22-19/h2-10,15-16H,11-14H2,1H3/b8-5+/t16-/m1/s1. The predicted molar refractivity (Wildman–Crippen MR) is 99.5 cm³/mol. The maximum atomic E-state index is 4.62. The van der Waals surface area contributed by atoms with Gasteiger partial charge in [-0.3, -0.25) is 4.90 Å². The van der Waals surface area contributed by atoms with Crippen LogP contribution in [0, 0.1) is 0 Å². The van der Waals surface area contributed by atoms with Crippen LogP contribution >= 0.6 is 0 Å². The molecule has 4 rings (SSSR count). The van der Waals surface area contributed by atoms with E-state index in [1.165, 1.54) is 5.56 Å². The second-order valence-electron chi connectivity index (χ2n) is 6.44. The SMILES string of the molecule is C[C@@H]1CN(C/C=C/c2ccccc2)CCN1c1ccc2nncn2n1. The van der Waals surface area contributed by atoms with Crippen molar-refractivity contribution >= 4 is 17.5 Å². The second-order valence-corrected chi connectivity index (χ2v) is 6.44. The third kappa shape index (κ3) is 3.53. The molecule has 0 saturated carbocycles. The summed E-state index contributed by atoms with van der Waals surface area (Å²) in [6, 6.07) is 14.9. The number of piperazine rings is 1. The van der Waals surface area contributed by atoms with E-state index in [9.17, 15) is 0 Å². The molecular formula is C19H22N6. The minimum absolute atomic E-state index is 0.417. The summed E-state index contributed by atoms with van der Waals surface area (Å²) in [5, 5.41) is 12.5. The monoisotopic (exact) mass is 334 g/mol. The number of fused-ring (bicyclic) bond motifs is 1. The molecule has 1 aliphatic rings. The average molecular weight is 334 g/mol. The van der Waals surface area contributed by atoms with Crippen molar-refractivity contribution in [3.8, 4) is 0 Å². The Bertz CT molecular complexity index is 856. The Morgan fingerprint density at radius 3 is 2.84 bits per heavy atom. The van der Waals surface area contributed by atoms with Crippen molar-refractivity contribution in [2.45, 2.75) is 13.0 Å². The smallest absolute Gasteiger partial charge is 0.177 e. The lowest BCUT2D eigenvalue weighted by Crippen LogP contribution is -2.52. The molecule has 6 heteroatoms. The fourth-order valence-corrected chi connectivity index (χ4v) is 3.31. The van der Waals surface area contributed by atoms with Crippen LogP contribution in [0.1, 0.15) is 12.5 Å². The molecule has 1 fully saturated rings. The third-order valence-corrected chi connectivity index (χ3v) is 4.63. The van der Waals surface area contributed by atoms with E-state index in [4.69, 9.17) is 0 Å². The molecule has 3 aromatic rings. The first kappa shape index (κ1) is 15.8. The third-order valence-electron chi connectivity index (χ3n) is 4.63. The normalized spacial score (nSPS) is 19.1. The Balaban J connectivity index is 1.37. The van der Waals surface area contributed by atoms with Crippen LogP contribution in [0.5, 0.6) is 0 Å². The zero-order valence-electron chi connectivity index (χ0n) is 14.4. The minimum atomic E-state index is 0.417. The van der Waals surface area contributed by atoms with Crippen LogP contribution < -0.4 is 4.90 Å². The first-order valence-corrected chi connectivity index (χ1v) is 8.67. The van der Waals surface area contributed by atoms with Gasteiger partial charge in [-0.25, -0.2) is 0 Å². The van der Waals surface area contributed by atoms with Crippen molar-refractivity contribution in [1.82, 2.24) is 24.7 Å². The topological polar surface area (TPSA) is 49.6 Å². The molecule has 0 amide bonds. The van der Waals surface area contributed by atoms with Gasteiger partial charge in [0.1, 0.15) is 12.1 Å². The Kier molecular flexibility index (Phi) is 4.43. The summed E-state index contributed by atoms with van der Waals surface area (Å²) in [5.41, 5.74) is 2.03. The fourth-order valence-electron chi connectivity index (χ4n) is 3.31. The van der Waals surface area contributed by atoms with E-state index in [1.807, 2.05) is 18.2 Å². The summed E-state index contributed by atoms with van der Waals surface area (Å²) in [7, 11) is 0. The van der Waals surface area contributed by atoms with E-state index in [2.05, 4.69) is 68.4 Å². The van der Waals surface area contributed by atoms with Gasteiger partial charge in [-0.15, -0.1) is 15.3 Å². The van der Waals surface area contributed by atoms with Crippen molar-refractivity contribution in [2.75, 3.05) is 31.1 Å². The lowest BCUT2D eigenvalue weighted by Gasteiger charge is -2.40. The highest BCUT2D eigenvalue weighted by Gasteiger charge is 2.24. The van der Waals surface area contributed by atoms with Gasteiger partial charge >= 0.3 is 0 Å². The van der Waals surface area contributed by atoms with Gasteiger partial charge in [0.25, 0.3) is 0 Å². The number of rotatable bonds is 4. The maximum absolute atomic E-state index is 4.62. The summed E-state index contributed by atoms with van der Waals surface area (Å²) in [5.74, 6) is 0.985. The second kappa shape index (κ2) is 7.03. The summed E-state index contributed by atoms with van der Waals surface area (Å²) in [4.78, 5) is 4.84. The molecule has 0 spiro atoms. The van der Waals surface area contributed by atoms with Crippen molar-refractivity contribution < 1.29 is 0 Å². The van der Waals surface area contributed by atoms with E-state index in [0.717, 1.165) is 37.6 Å². The van der Waals surface area contributed by atoms with Crippen LogP contribution in [0.15, 0.2) is 54.9 Å². The molecule has 1 atom stereocenters. The Morgan fingerprint density at radius 2 is 2.00 bits per heavy atom. The van der Waals surface area contributed by atoms with Crippen LogP contribution in [-0.2, 0) is 0 Å². The van der Waals surface area contributed by atoms with Crippen molar-refractivity contribution in [1.29, 1.82) is 0 Å². The summed E-state index contributed by atoms with van der Waals surface area (Å²) in [6.07, 6.45) is 6.09. The molecule has 1 aliphatic heterocycles. The number of aromatic nitrogens is 4. The highest BCUT2D eigenvalue weighted by Crippen LogP contribution is 2.18. The van der Waals surface area contributed by atoms with Gasteiger partial charge in [-0.05, 0) is 24.6 Å². The first-order valence-electron chi connectivity index (χ1n) is 8.67. The molecule has 0 aliphatic carbocycles. The van der Waals surface area contributed by atoms with Crippen LogP contribution in [-0.4, -0.2) is 56.9 Å². The fraction of sp³-hybridized carbons (Fsp3) is 0.316. The average Bonchev–Trinajstić information content (AvgIpc) is 3.10. The maximum Gasteiger partial charge on any atom is 0.177 e. The van der Waals surface area contributed by atoms with E-state index >= 15 is 0 Å². The molecule has 25 heavy (non-hydrogen) atoms. The van der Waals surface area contributed by atoms with Crippen molar-refractivity contribution in [3.05, 3.63) is 60.4 Å². The van der Waals surface area contributed by atoms with Gasteiger partial charge in [0.05, 0.1) is 0 Å². The highest BCUT2D eigenvalue weighted by molar-refractivity contribution is 5.49. The summed E-state index contributed by atoms with van der Waals surface area (Å²) in [6.45, 7) is 6.27. The van der Waals surface area contributed by atoms with Crippen LogP contribution in [0.4, 0.5) is 5.82 Å². The van der Waals surface area contributed by atoms with Gasteiger partial charge in [-0.1, -0.05) is 42.5 Å². The molecule has 0 unspecified atom stereocenters. The van der Waals surface area contributed by atoms with Gasteiger partial charge in [-0.2, -0.15) is 4.52 Å². The molecule has 0 N–H and O–H groups in total. The highest BCUT2D eigenvalue weighted by atomic mass is 15.4. The molecule has 1 saturated heterocycles. The van der Waals surface area contributed by atoms with Gasteiger partial charge < -0.3 is 4.90 Å². The molecular weight excluding hydrogens is 312 g/mol. The van der Waals surface area contributed by atoms with E-state index < -0.39 is 0 Å². The van der Waals surface area contributed by atoms with Crippen molar-refractivity contribution in [3.63, 3.8) is 0 Å². The Labute approximate surface area is 147 Å². The zero-order valence-corrected chi connectivity index (χ0v) is 14.4. The molecule has 0 radical (unpaired) electrons. The van der Waals surface area contributed by atoms with Crippen molar-refractivity contribution in [2.24, 2.45) is 0 Å². The lowest BCUT2D eigenvalue weighted by atomic mass is 10.1. The molecule has 0 bridgehead atoms. The molecule has 128 valence electrons. The quantitative estimate of drug-likeness (QED) is 0.733. The van der Waals surface area contributed by atoms with E-state index in [0.29, 0.717) is 6.04 Å². The predicted octanol–water partition coefficient (Wildman–Crippen LogP) is 2.35. The largest absolute Gasteiger partial charge is 0.350 e. The van der Waals surface area contributed by atoms with Crippen LogP contribution in [0.3, 0.4) is 0 Å². The Hall–Kier alpha value is -2.73. The van der Waals surface area contributed by atoms with E-state index in [-0.39, 0.29) is 0 Å². The number of benzene rings is 1. The van der Waals surface area contributed by atoms with Gasteiger partial charge in [0.2, 0.25) is 0 Å². The van der Waals surface area contributed by atoms with Crippen LogP contribution in [0.25, 0.3) is 11.7 Å². The minimum Gasteiger partial charge on any atom is -0.350 e. The molecule has 3 heterocycles. The van der Waals surface area contributed by atoms with Gasteiger partial charge in [0, 0.05) is 32.2 Å². The Morgan fingerprint density at radius 1 is 1.12 bits per heavy atom. The van der Waals surface area contributed by atoms with Crippen LogP contribution in [0.2, 0.25) is 0 Å². The summed E-state index contributed by atoms with van der Waals surface area (Å²) < 4.78 is 1.73. The number of hydrogen-bond acceptors (Lipinski definition) is 5. The molecule has 1 aromatic carbocycles. The van der Waals surface area contributed by atoms with Gasteiger partial charge in [0.15, 0.2) is 5.65 Å². The zero-order chi connectivity index (χ0) is 17.1. The number of nitrogens with zero attached hydrogens (tertiary/aromatic N) is 6. The lowest BCUT2D eigenvalue weighted by molar-refractivity contribution is 0.250. The molecule has 2 aromatic heterocycles. The number of anilines is 1. The first-order chi connectivity index (χ1) is 12.3. The number of hydrogen-bond donors (Lipinski definition) is 0. The van der Waals surface area contributed by atoms with E-state index in [1.54, 1.807) is 10.8 Å².